The molecule has 0 spiro atoms. The second-order valence-electron chi connectivity index (χ2n) is 5.79. The fraction of sp³-hybridized carbons (Fsp3) is 0.111. The average molecular weight is 386 g/mol. The second-order valence-corrected chi connectivity index (χ2v) is 5.79. The van der Waals surface area contributed by atoms with Crippen LogP contribution in [0.4, 0.5) is 4.39 Å². The number of aliphatic carboxylic acids is 2. The minimum Gasteiger partial charge on any atom is -0.480 e. The smallest absolute Gasteiger partial charge is 0.395 e. The maximum absolute atomic E-state index is 13.2. The number of hydrogen-bond donors (Lipinski definition) is 3. The quantitative estimate of drug-likeness (QED) is 0.441. The Kier molecular flexibility index (Phi) is 5.21. The summed E-state index contributed by atoms with van der Waals surface area (Å²) in [5, 5.41) is 21.9. The summed E-state index contributed by atoms with van der Waals surface area (Å²) in [5.41, 5.74) is 3.67. The molecule has 3 aromatic rings. The Morgan fingerprint density at radius 2 is 1.64 bits per heavy atom. The molecule has 3 N–H and O–H groups in total. The molecule has 28 heavy (non-hydrogen) atoms. The van der Waals surface area contributed by atoms with Crippen LogP contribution in [0, 0.1) is 5.82 Å². The molecule has 2 aromatic carbocycles. The molecule has 0 aliphatic heterocycles. The summed E-state index contributed by atoms with van der Waals surface area (Å²) in [6.45, 7) is -0.381. The largest absolute Gasteiger partial charge is 0.480 e. The van der Waals surface area contributed by atoms with Crippen molar-refractivity contribution in [3.8, 4) is 0 Å². The van der Waals surface area contributed by atoms with Crippen molar-refractivity contribution in [2.45, 2.75) is 6.54 Å². The molecule has 10 heteroatoms. The molecule has 0 amide bonds. The number of rotatable bonds is 5. The van der Waals surface area contributed by atoms with Crippen LogP contribution in [0.1, 0.15) is 10.4 Å². The third-order valence-electron chi connectivity index (χ3n) is 3.90. The topological polar surface area (TPSA) is 126 Å². The molecule has 0 bridgehead atoms. The van der Waals surface area contributed by atoms with E-state index in [0.717, 1.165) is 4.57 Å². The zero-order chi connectivity index (χ0) is 20.3. The third kappa shape index (κ3) is 3.75. The molecule has 0 aliphatic carbocycles. The van der Waals surface area contributed by atoms with Gasteiger partial charge in [0.1, 0.15) is 12.4 Å². The highest BCUT2D eigenvalue weighted by atomic mass is 19.1. The Labute approximate surface area is 156 Å². The molecule has 9 nitrogen and oxygen atoms in total. The molecule has 3 rings (SSSR count). The Morgan fingerprint density at radius 1 is 1.00 bits per heavy atom. The van der Waals surface area contributed by atoms with E-state index in [1.54, 1.807) is 36.4 Å². The number of fused-ring (bicyclic) bond motifs is 1. The van der Waals surface area contributed by atoms with Gasteiger partial charge in [-0.05, 0) is 29.8 Å². The molecule has 0 unspecified atom stereocenters. The molecular formula is C18H15FN4O5. The minimum absolute atomic E-state index is 0.0980. The third-order valence-corrected chi connectivity index (χ3v) is 3.90. The highest BCUT2D eigenvalue weighted by Crippen LogP contribution is 2.15. The molecule has 0 aliphatic rings. The van der Waals surface area contributed by atoms with Gasteiger partial charge in [-0.1, -0.05) is 24.3 Å². The number of benzene rings is 2. The highest BCUT2D eigenvalue weighted by molar-refractivity contribution is 6.33. The fourth-order valence-electron chi connectivity index (χ4n) is 2.73. The summed E-state index contributed by atoms with van der Waals surface area (Å²) in [5.74, 6) is -4.53. The maximum Gasteiger partial charge on any atom is 0.395 e. The second kappa shape index (κ2) is 7.74. The first-order valence-electron chi connectivity index (χ1n) is 8.09. The first kappa shape index (κ1) is 18.8. The van der Waals surface area contributed by atoms with Crippen molar-refractivity contribution < 1.29 is 29.0 Å². The maximum atomic E-state index is 13.2. The number of halogens is 1. The lowest BCUT2D eigenvalue weighted by molar-refractivity contribution is -0.136. The van der Waals surface area contributed by atoms with Gasteiger partial charge in [-0.2, -0.15) is 0 Å². The molecule has 1 aromatic heterocycles. The van der Waals surface area contributed by atoms with E-state index in [0.29, 0.717) is 11.1 Å². The van der Waals surface area contributed by atoms with Crippen LogP contribution in [0.3, 0.4) is 0 Å². The molecule has 1 heterocycles. The lowest BCUT2D eigenvalue weighted by atomic mass is 10.2. The van der Waals surface area contributed by atoms with Crippen molar-refractivity contribution in [1.82, 2.24) is 14.6 Å². The van der Waals surface area contributed by atoms with Crippen LogP contribution in [-0.2, 0) is 16.1 Å². The Bertz CT molecular complexity index is 1130. The summed E-state index contributed by atoms with van der Waals surface area (Å²) < 4.78 is 15.6. The van der Waals surface area contributed by atoms with Crippen LogP contribution in [0.25, 0.3) is 11.0 Å². The van der Waals surface area contributed by atoms with Crippen LogP contribution in [0.2, 0.25) is 0 Å². The van der Waals surface area contributed by atoms with E-state index in [9.17, 15) is 23.9 Å². The minimum atomic E-state index is -1.69. The van der Waals surface area contributed by atoms with Crippen LogP contribution < -0.4 is 11.0 Å². The van der Waals surface area contributed by atoms with Gasteiger partial charge in [0.25, 0.3) is 0 Å². The van der Waals surface area contributed by atoms with E-state index in [1.165, 1.54) is 16.7 Å². The number of carbonyl (C=O) groups excluding carboxylic acids is 1. The monoisotopic (exact) mass is 386 g/mol. The van der Waals surface area contributed by atoms with Crippen molar-refractivity contribution in [2.75, 3.05) is 6.54 Å². The van der Waals surface area contributed by atoms with Gasteiger partial charge in [0.15, 0.2) is 0 Å². The van der Waals surface area contributed by atoms with Crippen LogP contribution in [0.15, 0.2) is 53.6 Å². The summed E-state index contributed by atoms with van der Waals surface area (Å²) in [6, 6.07) is 12.2. The lowest BCUT2D eigenvalue weighted by Gasteiger charge is -2.06. The number of aromatic nitrogens is 2. The van der Waals surface area contributed by atoms with Crippen LogP contribution in [0.5, 0.6) is 0 Å². The van der Waals surface area contributed by atoms with E-state index < -0.39 is 30.2 Å². The number of carbonyl (C=O) groups is 3. The van der Waals surface area contributed by atoms with E-state index in [-0.39, 0.29) is 17.7 Å². The molecule has 0 atom stereocenters. The van der Waals surface area contributed by atoms with Crippen LogP contribution >= 0.6 is 0 Å². The highest BCUT2D eigenvalue weighted by Gasteiger charge is 2.22. The van der Waals surface area contributed by atoms with Gasteiger partial charge < -0.3 is 14.8 Å². The van der Waals surface area contributed by atoms with Gasteiger partial charge in [0.05, 0.1) is 17.6 Å². The van der Waals surface area contributed by atoms with Crippen molar-refractivity contribution in [2.24, 2.45) is 5.10 Å². The average Bonchev–Trinajstić information content (AvgIpc) is 2.96. The van der Waals surface area contributed by atoms with Gasteiger partial charge in [-0.15, -0.1) is 5.10 Å². The summed E-state index contributed by atoms with van der Waals surface area (Å²) >= 11 is 0. The van der Waals surface area contributed by atoms with Crippen molar-refractivity contribution in [3.05, 3.63) is 65.5 Å². The van der Waals surface area contributed by atoms with E-state index >= 15 is 0 Å². The predicted molar refractivity (Wildman–Crippen MR) is 94.9 cm³/mol. The number of carboxylic acid groups (broad SMARTS) is 2. The Hall–Kier alpha value is -3.95. The van der Waals surface area contributed by atoms with Crippen molar-refractivity contribution in [3.63, 3.8) is 0 Å². The Balaban J connectivity index is 2.24. The SMILES string of the molecule is O=C(O)CN/N=c1/n(Cc2ccc(F)cc2)c2ccccc2n1C(=O)C(=O)O. The number of imidazole rings is 1. The summed E-state index contributed by atoms with van der Waals surface area (Å²) in [7, 11) is 0. The lowest BCUT2D eigenvalue weighted by Crippen LogP contribution is -2.36. The normalized spacial score (nSPS) is 11.5. The van der Waals surface area contributed by atoms with Gasteiger partial charge >= 0.3 is 17.8 Å². The molecule has 144 valence electrons. The first-order valence-corrected chi connectivity index (χ1v) is 8.09. The fourth-order valence-corrected chi connectivity index (χ4v) is 2.73. The van der Waals surface area contributed by atoms with Gasteiger partial charge in [0, 0.05) is 0 Å². The molecule has 0 saturated carbocycles. The number of hydrogen-bond acceptors (Lipinski definition) is 5. The number of nitrogens with zero attached hydrogens (tertiary/aromatic N) is 3. The van der Waals surface area contributed by atoms with E-state index in [1.807, 2.05) is 0 Å². The first-order chi connectivity index (χ1) is 13.4. The zero-order valence-corrected chi connectivity index (χ0v) is 14.4. The summed E-state index contributed by atoms with van der Waals surface area (Å²) in [6.07, 6.45) is 0. The van der Waals surface area contributed by atoms with Crippen LogP contribution in [-0.4, -0.2) is 43.7 Å². The molecule has 0 radical (unpaired) electrons. The number of para-hydroxylation sites is 2. The van der Waals surface area contributed by atoms with E-state index in [2.05, 4.69) is 10.5 Å². The van der Waals surface area contributed by atoms with Crippen molar-refractivity contribution in [1.29, 1.82) is 0 Å². The number of carboxylic acids is 2. The standard InChI is InChI=1S/C18H15FN4O5/c19-12-7-5-11(6-8-12)10-22-13-3-1-2-4-14(13)23(16(26)17(27)28)18(22)21-20-9-15(24)25/h1-8,20H,9-10H2,(H,24,25)(H,27,28)/b21-18-. The van der Waals surface area contributed by atoms with Gasteiger partial charge in [0.2, 0.25) is 5.62 Å². The number of nitrogens with one attached hydrogen (secondary N) is 1. The molecular weight excluding hydrogens is 371 g/mol. The van der Waals surface area contributed by atoms with Crippen molar-refractivity contribution >= 4 is 28.9 Å². The predicted octanol–water partition coefficient (Wildman–Crippen LogP) is 0.845. The summed E-state index contributed by atoms with van der Waals surface area (Å²) in [4.78, 5) is 34.4. The van der Waals surface area contributed by atoms with Gasteiger partial charge in [-0.25, -0.2) is 13.8 Å². The van der Waals surface area contributed by atoms with Gasteiger partial charge in [-0.3, -0.25) is 15.0 Å². The van der Waals surface area contributed by atoms with E-state index in [4.69, 9.17) is 5.11 Å². The Morgan fingerprint density at radius 3 is 2.25 bits per heavy atom. The zero-order valence-electron chi connectivity index (χ0n) is 14.4. The molecule has 0 fully saturated rings. The molecule has 0 saturated heterocycles.